The minimum absolute atomic E-state index is 0.110. The molecule has 156 valence electrons. The van der Waals surface area contributed by atoms with Gasteiger partial charge < -0.3 is 9.47 Å². The van der Waals surface area contributed by atoms with Crippen LogP contribution in [0.25, 0.3) is 0 Å². The molecule has 0 spiro atoms. The van der Waals surface area contributed by atoms with Crippen LogP contribution in [0.2, 0.25) is 0 Å². The molecule has 0 amide bonds. The summed E-state index contributed by atoms with van der Waals surface area (Å²) in [6, 6.07) is 4.95. The molecule has 3 rings (SSSR count). The van der Waals surface area contributed by atoms with E-state index in [2.05, 4.69) is 9.97 Å². The molecule has 0 aliphatic heterocycles. The normalized spacial score (nSPS) is 10.9. The number of hydrogen-bond donors (Lipinski definition) is 0. The smallest absolute Gasteiger partial charge is 0.325 e. The number of halogens is 4. The first-order valence-electron chi connectivity index (χ1n) is 8.87. The van der Waals surface area contributed by atoms with Gasteiger partial charge in [-0.2, -0.15) is 4.98 Å². The van der Waals surface area contributed by atoms with Crippen LogP contribution in [0.3, 0.4) is 0 Å². The molecular formula is C21H16F4N2O3. The highest BCUT2D eigenvalue weighted by molar-refractivity contribution is 5.83. The van der Waals surface area contributed by atoms with E-state index in [1.165, 1.54) is 6.20 Å². The zero-order chi connectivity index (χ0) is 21.8. The average Bonchev–Trinajstić information content (AvgIpc) is 2.68. The molecular weight excluding hydrogens is 404 g/mol. The Bertz CT molecular complexity index is 1090. The van der Waals surface area contributed by atoms with E-state index in [1.54, 1.807) is 13.8 Å². The van der Waals surface area contributed by atoms with Crippen molar-refractivity contribution in [1.29, 1.82) is 0 Å². The van der Waals surface area contributed by atoms with E-state index in [-0.39, 0.29) is 47.1 Å². The molecule has 0 bridgehead atoms. The van der Waals surface area contributed by atoms with E-state index in [0.29, 0.717) is 12.1 Å². The summed E-state index contributed by atoms with van der Waals surface area (Å²) in [7, 11) is 0. The number of aromatic nitrogens is 2. The zero-order valence-electron chi connectivity index (χ0n) is 16.0. The summed E-state index contributed by atoms with van der Waals surface area (Å²) in [6.07, 6.45) is 1.11. The number of Topliss-reactive ketones (excluding diaryl/α,β-unsaturated/α-hetero) is 1. The Morgan fingerprint density at radius 2 is 1.50 bits per heavy atom. The summed E-state index contributed by atoms with van der Waals surface area (Å²) in [5, 5.41) is 0. The molecule has 0 radical (unpaired) electrons. The van der Waals surface area contributed by atoms with Crippen LogP contribution in [0, 0.1) is 29.2 Å². The molecule has 0 saturated carbocycles. The second-order valence-electron chi connectivity index (χ2n) is 6.63. The van der Waals surface area contributed by atoms with Crippen molar-refractivity contribution >= 4 is 5.78 Å². The summed E-state index contributed by atoms with van der Waals surface area (Å²) < 4.78 is 64.7. The maximum Gasteiger partial charge on any atom is 0.325 e. The van der Waals surface area contributed by atoms with Gasteiger partial charge in [0.15, 0.2) is 23.1 Å². The standard InChI is InChI=1S/C21H16F4N2O3/c1-11(2)17(28)7-12-10-26-21(30-19-6-4-14(23)9-16(19)25)27-20(12)29-18-5-3-13(22)8-15(18)24/h3-6,8-11H,7H2,1-2H3. The first-order valence-corrected chi connectivity index (χ1v) is 8.87. The van der Waals surface area contributed by atoms with Gasteiger partial charge in [0.2, 0.25) is 5.88 Å². The van der Waals surface area contributed by atoms with Crippen LogP contribution in [-0.2, 0) is 11.2 Å². The third-order valence-corrected chi connectivity index (χ3v) is 4.01. The second kappa shape index (κ2) is 8.89. The molecule has 3 aromatic rings. The third kappa shape index (κ3) is 5.11. The third-order valence-electron chi connectivity index (χ3n) is 4.01. The first-order chi connectivity index (χ1) is 14.2. The Kier molecular flexibility index (Phi) is 6.29. The van der Waals surface area contributed by atoms with Crippen LogP contribution in [0.15, 0.2) is 42.6 Å². The van der Waals surface area contributed by atoms with Gasteiger partial charge in [0.05, 0.1) is 0 Å². The van der Waals surface area contributed by atoms with Crippen molar-refractivity contribution < 1.29 is 31.8 Å². The Balaban J connectivity index is 1.96. The molecule has 2 aromatic carbocycles. The topological polar surface area (TPSA) is 61.3 Å². The van der Waals surface area contributed by atoms with Crippen molar-refractivity contribution in [2.45, 2.75) is 20.3 Å². The largest absolute Gasteiger partial charge is 0.435 e. The molecule has 0 N–H and O–H groups in total. The molecule has 0 aliphatic carbocycles. The van der Waals surface area contributed by atoms with Gasteiger partial charge in [0, 0.05) is 36.2 Å². The quantitative estimate of drug-likeness (QED) is 0.480. The molecule has 0 fully saturated rings. The molecule has 1 heterocycles. The zero-order valence-corrected chi connectivity index (χ0v) is 16.0. The summed E-state index contributed by atoms with van der Waals surface area (Å²) in [4.78, 5) is 20.0. The monoisotopic (exact) mass is 420 g/mol. The average molecular weight is 420 g/mol. The number of carbonyl (C=O) groups excluding carboxylic acids is 1. The maximum atomic E-state index is 14.0. The summed E-state index contributed by atoms with van der Waals surface area (Å²) in [5.74, 6) is -4.90. The molecule has 5 nitrogen and oxygen atoms in total. The fourth-order valence-corrected chi connectivity index (χ4v) is 2.34. The highest BCUT2D eigenvalue weighted by Gasteiger charge is 2.18. The second-order valence-corrected chi connectivity index (χ2v) is 6.63. The lowest BCUT2D eigenvalue weighted by Gasteiger charge is -2.13. The van der Waals surface area contributed by atoms with Crippen LogP contribution in [-0.4, -0.2) is 15.8 Å². The van der Waals surface area contributed by atoms with Crippen molar-refractivity contribution in [3.8, 4) is 23.4 Å². The summed E-state index contributed by atoms with van der Waals surface area (Å²) >= 11 is 0. The highest BCUT2D eigenvalue weighted by atomic mass is 19.1. The highest BCUT2D eigenvalue weighted by Crippen LogP contribution is 2.30. The van der Waals surface area contributed by atoms with Crippen molar-refractivity contribution in [3.63, 3.8) is 0 Å². The predicted molar refractivity (Wildman–Crippen MR) is 98.4 cm³/mol. The molecule has 0 saturated heterocycles. The van der Waals surface area contributed by atoms with Gasteiger partial charge in [0.1, 0.15) is 17.4 Å². The van der Waals surface area contributed by atoms with E-state index in [0.717, 1.165) is 24.3 Å². The van der Waals surface area contributed by atoms with Crippen LogP contribution in [0.4, 0.5) is 17.6 Å². The minimum Gasteiger partial charge on any atom is -0.435 e. The maximum absolute atomic E-state index is 14.0. The van der Waals surface area contributed by atoms with Crippen LogP contribution in [0.5, 0.6) is 23.4 Å². The van der Waals surface area contributed by atoms with Crippen molar-refractivity contribution in [1.82, 2.24) is 9.97 Å². The Hall–Kier alpha value is -3.49. The van der Waals surface area contributed by atoms with E-state index in [1.807, 2.05) is 0 Å². The van der Waals surface area contributed by atoms with Gasteiger partial charge >= 0.3 is 6.01 Å². The van der Waals surface area contributed by atoms with E-state index >= 15 is 0 Å². The lowest BCUT2D eigenvalue weighted by Crippen LogP contribution is -2.12. The van der Waals surface area contributed by atoms with Gasteiger partial charge in [-0.1, -0.05) is 13.8 Å². The number of hydrogen-bond acceptors (Lipinski definition) is 5. The van der Waals surface area contributed by atoms with Gasteiger partial charge in [-0.3, -0.25) is 4.79 Å². The van der Waals surface area contributed by atoms with Gasteiger partial charge in [-0.05, 0) is 24.3 Å². The Morgan fingerprint density at radius 1 is 0.933 bits per heavy atom. The molecule has 0 atom stereocenters. The number of carbonyl (C=O) groups is 1. The lowest BCUT2D eigenvalue weighted by molar-refractivity contribution is -0.121. The Labute approximate surface area is 169 Å². The fraction of sp³-hybridized carbons (Fsp3) is 0.190. The first kappa shape index (κ1) is 21.2. The summed E-state index contributed by atoms with van der Waals surface area (Å²) in [5.41, 5.74) is 0.226. The molecule has 0 aliphatic rings. The van der Waals surface area contributed by atoms with Gasteiger partial charge in [-0.15, -0.1) is 0 Å². The number of ether oxygens (including phenoxy) is 2. The van der Waals surface area contributed by atoms with Crippen molar-refractivity contribution in [2.75, 3.05) is 0 Å². The SMILES string of the molecule is CC(C)C(=O)Cc1cnc(Oc2ccc(F)cc2F)nc1Oc1ccc(F)cc1F. The lowest BCUT2D eigenvalue weighted by atomic mass is 10.0. The van der Waals surface area contributed by atoms with E-state index in [4.69, 9.17) is 9.47 Å². The molecule has 30 heavy (non-hydrogen) atoms. The number of nitrogens with zero attached hydrogens (tertiary/aromatic N) is 2. The van der Waals surface area contributed by atoms with E-state index in [9.17, 15) is 22.4 Å². The van der Waals surface area contributed by atoms with E-state index < -0.39 is 23.3 Å². The minimum atomic E-state index is -0.984. The predicted octanol–water partition coefficient (Wildman–Crippen LogP) is 5.39. The molecule has 1 aromatic heterocycles. The molecule has 0 unspecified atom stereocenters. The van der Waals surface area contributed by atoms with Crippen LogP contribution in [0.1, 0.15) is 19.4 Å². The number of benzene rings is 2. The van der Waals surface area contributed by atoms with Crippen LogP contribution < -0.4 is 9.47 Å². The van der Waals surface area contributed by atoms with Crippen molar-refractivity contribution in [2.24, 2.45) is 5.92 Å². The van der Waals surface area contributed by atoms with Gasteiger partial charge in [-0.25, -0.2) is 22.5 Å². The number of ketones is 1. The Morgan fingerprint density at radius 3 is 2.03 bits per heavy atom. The fourth-order valence-electron chi connectivity index (χ4n) is 2.34. The van der Waals surface area contributed by atoms with Gasteiger partial charge in [0.25, 0.3) is 0 Å². The summed E-state index contributed by atoms with van der Waals surface area (Å²) in [6.45, 7) is 3.41. The van der Waals surface area contributed by atoms with Crippen LogP contribution >= 0.6 is 0 Å². The number of rotatable bonds is 7. The molecule has 9 heteroatoms. The van der Waals surface area contributed by atoms with Crippen molar-refractivity contribution in [3.05, 3.63) is 71.4 Å².